The zero-order chi connectivity index (χ0) is 15.9. The summed E-state index contributed by atoms with van der Waals surface area (Å²) in [5, 5.41) is 0. The fourth-order valence-corrected chi connectivity index (χ4v) is 2.71. The molecule has 118 valence electrons. The zero-order valence-corrected chi connectivity index (χ0v) is 13.2. The van der Waals surface area contributed by atoms with E-state index < -0.39 is 0 Å². The van der Waals surface area contributed by atoms with Crippen LogP contribution in [0.4, 0.5) is 0 Å². The molecule has 1 heterocycles. The minimum Gasteiger partial charge on any atom is -0.379 e. The summed E-state index contributed by atoms with van der Waals surface area (Å²) < 4.78 is 5.40. The molecule has 1 fully saturated rings. The van der Waals surface area contributed by atoms with E-state index in [4.69, 9.17) is 4.74 Å². The summed E-state index contributed by atoms with van der Waals surface area (Å²) in [4.78, 5) is 15.2. The summed E-state index contributed by atoms with van der Waals surface area (Å²) >= 11 is 0. The number of carbonyl (C=O) groups is 1. The van der Waals surface area contributed by atoms with Gasteiger partial charge in [0, 0.05) is 30.8 Å². The van der Waals surface area contributed by atoms with Gasteiger partial charge < -0.3 is 4.74 Å². The molecule has 0 unspecified atom stereocenters. The molecular formula is C20H21NO2. The first-order valence-corrected chi connectivity index (χ1v) is 7.98. The maximum absolute atomic E-state index is 12.9. The van der Waals surface area contributed by atoms with Crippen LogP contribution < -0.4 is 0 Å². The highest BCUT2D eigenvalue weighted by Crippen LogP contribution is 2.15. The molecule has 3 rings (SSSR count). The molecule has 2 aromatic rings. The van der Waals surface area contributed by atoms with Gasteiger partial charge in [-0.3, -0.25) is 9.69 Å². The lowest BCUT2D eigenvalue weighted by Crippen LogP contribution is -2.38. The van der Waals surface area contributed by atoms with E-state index in [-0.39, 0.29) is 5.78 Å². The standard InChI is InChI=1S/C20H21NO2/c22-20(18-9-5-2-6-10-18)19(15-17-7-3-1-4-8-17)16-21-11-13-23-14-12-21/h1-10,15H,11-14,16H2. The molecule has 1 aliphatic heterocycles. The van der Waals surface area contributed by atoms with Crippen molar-refractivity contribution in [1.29, 1.82) is 0 Å². The Bertz CT molecular complexity index is 659. The summed E-state index contributed by atoms with van der Waals surface area (Å²) in [6.07, 6.45) is 2.00. The highest BCUT2D eigenvalue weighted by atomic mass is 16.5. The molecule has 0 N–H and O–H groups in total. The van der Waals surface area contributed by atoms with Crippen molar-refractivity contribution in [3.63, 3.8) is 0 Å². The van der Waals surface area contributed by atoms with Crippen molar-refractivity contribution in [3.05, 3.63) is 77.4 Å². The largest absolute Gasteiger partial charge is 0.379 e. The highest BCUT2D eigenvalue weighted by molar-refractivity contribution is 6.11. The Morgan fingerprint density at radius 1 is 0.957 bits per heavy atom. The first-order chi connectivity index (χ1) is 11.3. The van der Waals surface area contributed by atoms with Gasteiger partial charge in [-0.1, -0.05) is 60.7 Å². The lowest BCUT2D eigenvalue weighted by molar-refractivity contribution is 0.0419. The SMILES string of the molecule is O=C(C(=Cc1ccccc1)CN1CCOCC1)c1ccccc1. The Morgan fingerprint density at radius 3 is 2.22 bits per heavy atom. The number of morpholine rings is 1. The van der Waals surface area contributed by atoms with Gasteiger partial charge in [-0.15, -0.1) is 0 Å². The van der Waals surface area contributed by atoms with Gasteiger partial charge in [0.05, 0.1) is 13.2 Å². The molecule has 0 saturated carbocycles. The van der Waals surface area contributed by atoms with Crippen LogP contribution in [0.15, 0.2) is 66.2 Å². The topological polar surface area (TPSA) is 29.5 Å². The molecule has 0 spiro atoms. The van der Waals surface area contributed by atoms with E-state index in [9.17, 15) is 4.79 Å². The van der Waals surface area contributed by atoms with Gasteiger partial charge in [0.25, 0.3) is 0 Å². The predicted octanol–water partition coefficient (Wildman–Crippen LogP) is 3.29. The quantitative estimate of drug-likeness (QED) is 0.627. The Morgan fingerprint density at radius 2 is 1.57 bits per heavy atom. The van der Waals surface area contributed by atoms with Crippen LogP contribution in [0.25, 0.3) is 6.08 Å². The third-order valence-corrected chi connectivity index (χ3v) is 3.97. The van der Waals surface area contributed by atoms with E-state index in [1.165, 1.54) is 0 Å². The van der Waals surface area contributed by atoms with Crippen LogP contribution in [0.3, 0.4) is 0 Å². The van der Waals surface area contributed by atoms with Gasteiger partial charge in [-0.25, -0.2) is 0 Å². The van der Waals surface area contributed by atoms with Gasteiger partial charge in [-0.2, -0.15) is 0 Å². The number of benzene rings is 2. The Kier molecular flexibility index (Phi) is 5.35. The van der Waals surface area contributed by atoms with Gasteiger partial charge in [0.2, 0.25) is 0 Å². The van der Waals surface area contributed by atoms with E-state index in [1.807, 2.05) is 66.7 Å². The number of hydrogen-bond donors (Lipinski definition) is 0. The van der Waals surface area contributed by atoms with Crippen LogP contribution in [0, 0.1) is 0 Å². The molecule has 1 aliphatic rings. The Hall–Kier alpha value is -2.23. The van der Waals surface area contributed by atoms with Gasteiger partial charge in [0.1, 0.15) is 0 Å². The molecule has 0 amide bonds. The molecule has 2 aromatic carbocycles. The lowest BCUT2D eigenvalue weighted by atomic mass is 10.0. The first-order valence-electron chi connectivity index (χ1n) is 7.98. The molecule has 0 bridgehead atoms. The molecule has 0 aliphatic carbocycles. The van der Waals surface area contributed by atoms with Crippen LogP contribution in [0.2, 0.25) is 0 Å². The first kappa shape index (κ1) is 15.7. The third-order valence-electron chi connectivity index (χ3n) is 3.97. The Balaban J connectivity index is 1.86. The number of ketones is 1. The van der Waals surface area contributed by atoms with Crippen LogP contribution in [0.1, 0.15) is 15.9 Å². The number of Topliss-reactive ketones (excluding diaryl/α,β-unsaturated/α-hetero) is 1. The molecular weight excluding hydrogens is 286 g/mol. The minimum absolute atomic E-state index is 0.0981. The molecule has 3 nitrogen and oxygen atoms in total. The second kappa shape index (κ2) is 7.86. The van der Waals surface area contributed by atoms with Crippen LogP contribution in [-0.4, -0.2) is 43.5 Å². The molecule has 3 heteroatoms. The van der Waals surface area contributed by atoms with Crippen molar-refractivity contribution in [3.8, 4) is 0 Å². The Labute approximate surface area is 137 Å². The summed E-state index contributed by atoms with van der Waals surface area (Å²) in [6.45, 7) is 3.87. The van der Waals surface area contributed by atoms with Crippen molar-refractivity contribution < 1.29 is 9.53 Å². The third kappa shape index (κ3) is 4.38. The highest BCUT2D eigenvalue weighted by Gasteiger charge is 2.18. The minimum atomic E-state index is 0.0981. The van der Waals surface area contributed by atoms with Crippen molar-refractivity contribution in [2.75, 3.05) is 32.8 Å². The van der Waals surface area contributed by atoms with Crippen LogP contribution >= 0.6 is 0 Å². The molecule has 1 saturated heterocycles. The predicted molar refractivity (Wildman–Crippen MR) is 92.5 cm³/mol. The van der Waals surface area contributed by atoms with E-state index in [2.05, 4.69) is 4.90 Å². The fraction of sp³-hybridized carbons (Fsp3) is 0.250. The fourth-order valence-electron chi connectivity index (χ4n) is 2.71. The number of hydrogen-bond acceptors (Lipinski definition) is 3. The number of ether oxygens (including phenoxy) is 1. The van der Waals surface area contributed by atoms with E-state index >= 15 is 0 Å². The van der Waals surface area contributed by atoms with E-state index in [0.717, 1.165) is 43.0 Å². The average molecular weight is 307 g/mol. The second-order valence-corrected chi connectivity index (χ2v) is 5.66. The monoisotopic (exact) mass is 307 g/mol. The van der Waals surface area contributed by atoms with E-state index in [1.54, 1.807) is 0 Å². The smallest absolute Gasteiger partial charge is 0.190 e. The maximum Gasteiger partial charge on any atom is 0.190 e. The molecule has 0 aromatic heterocycles. The number of rotatable bonds is 5. The van der Waals surface area contributed by atoms with Crippen LogP contribution in [-0.2, 0) is 4.74 Å². The van der Waals surface area contributed by atoms with Crippen LogP contribution in [0.5, 0.6) is 0 Å². The maximum atomic E-state index is 12.9. The average Bonchev–Trinajstić information content (AvgIpc) is 2.63. The summed E-state index contributed by atoms with van der Waals surface area (Å²) in [5.74, 6) is 0.0981. The summed E-state index contributed by atoms with van der Waals surface area (Å²) in [7, 11) is 0. The van der Waals surface area contributed by atoms with Crippen molar-refractivity contribution in [1.82, 2.24) is 4.90 Å². The van der Waals surface area contributed by atoms with E-state index in [0.29, 0.717) is 6.54 Å². The van der Waals surface area contributed by atoms with Gasteiger partial charge in [-0.05, 0) is 11.6 Å². The van der Waals surface area contributed by atoms with Gasteiger partial charge in [0.15, 0.2) is 5.78 Å². The van der Waals surface area contributed by atoms with Gasteiger partial charge >= 0.3 is 0 Å². The normalized spacial score (nSPS) is 16.3. The molecule has 0 atom stereocenters. The van der Waals surface area contributed by atoms with Crippen molar-refractivity contribution in [2.24, 2.45) is 0 Å². The van der Waals surface area contributed by atoms with Crippen molar-refractivity contribution in [2.45, 2.75) is 0 Å². The summed E-state index contributed by atoms with van der Waals surface area (Å²) in [5.41, 5.74) is 2.62. The molecule has 23 heavy (non-hydrogen) atoms. The number of carbonyl (C=O) groups excluding carboxylic acids is 1. The second-order valence-electron chi connectivity index (χ2n) is 5.66. The number of nitrogens with zero attached hydrogens (tertiary/aromatic N) is 1. The summed E-state index contributed by atoms with van der Waals surface area (Å²) in [6, 6.07) is 19.5. The lowest BCUT2D eigenvalue weighted by Gasteiger charge is -2.27. The van der Waals surface area contributed by atoms with Crippen molar-refractivity contribution >= 4 is 11.9 Å². The zero-order valence-electron chi connectivity index (χ0n) is 13.2. The molecule has 0 radical (unpaired) electrons.